The smallest absolute Gasteiger partial charge is 0.249 e. The summed E-state index contributed by atoms with van der Waals surface area (Å²) in [5.41, 5.74) is 1.43. The van der Waals surface area contributed by atoms with Gasteiger partial charge in [-0.3, -0.25) is 4.79 Å². The first-order chi connectivity index (χ1) is 17.0. The van der Waals surface area contributed by atoms with E-state index in [1.54, 1.807) is 25.1 Å². The molecule has 4 aromatic rings. The molecule has 2 aromatic carbocycles. The minimum atomic E-state index is -0.798. The first kappa shape index (κ1) is 22.8. The van der Waals surface area contributed by atoms with Gasteiger partial charge in [-0.15, -0.1) is 15.3 Å². The normalized spacial score (nSPS) is 14.3. The lowest BCUT2D eigenvalue weighted by Crippen LogP contribution is -2.29. The Labute approximate surface area is 200 Å². The molecule has 0 spiro atoms. The van der Waals surface area contributed by atoms with Crippen molar-refractivity contribution in [2.24, 2.45) is 0 Å². The number of benzene rings is 2. The van der Waals surface area contributed by atoms with E-state index in [9.17, 15) is 13.6 Å². The fraction of sp³-hybridized carbons (Fsp3) is 0.333. The molecule has 3 heterocycles. The molecule has 2 aromatic heterocycles. The molecule has 1 aliphatic heterocycles. The zero-order valence-electron chi connectivity index (χ0n) is 19.2. The fourth-order valence-electron chi connectivity index (χ4n) is 4.34. The van der Waals surface area contributed by atoms with Crippen molar-refractivity contribution in [3.63, 3.8) is 0 Å². The lowest BCUT2D eigenvalue weighted by molar-refractivity contribution is -0.119. The number of carbonyl (C=O) groups is 1. The summed E-state index contributed by atoms with van der Waals surface area (Å²) in [6.07, 6.45) is 4.15. The van der Waals surface area contributed by atoms with Gasteiger partial charge in [-0.1, -0.05) is 18.6 Å². The molecule has 0 fully saturated rings. The highest BCUT2D eigenvalue weighted by molar-refractivity contribution is 5.94. The lowest BCUT2D eigenvalue weighted by atomic mass is 10.0. The number of anilines is 1. The number of tetrazole rings is 1. The maximum absolute atomic E-state index is 14.8. The van der Waals surface area contributed by atoms with Crippen LogP contribution in [0.5, 0.6) is 0 Å². The van der Waals surface area contributed by atoms with Crippen molar-refractivity contribution in [2.45, 2.75) is 51.6 Å². The van der Waals surface area contributed by atoms with Crippen molar-refractivity contribution >= 4 is 11.6 Å². The highest BCUT2D eigenvalue weighted by Gasteiger charge is 2.25. The van der Waals surface area contributed by atoms with Crippen LogP contribution in [-0.2, 0) is 24.2 Å². The van der Waals surface area contributed by atoms with Gasteiger partial charge in [0, 0.05) is 25.1 Å². The Hall–Kier alpha value is -4.02. The molecule has 1 unspecified atom stereocenters. The van der Waals surface area contributed by atoms with E-state index < -0.39 is 11.9 Å². The van der Waals surface area contributed by atoms with Crippen LogP contribution in [0.2, 0.25) is 0 Å². The minimum Gasteiger partial charge on any atom is -0.324 e. The average Bonchev–Trinajstić information content (AvgIpc) is 3.38. The van der Waals surface area contributed by atoms with Gasteiger partial charge >= 0.3 is 0 Å². The quantitative estimate of drug-likeness (QED) is 0.454. The molecule has 180 valence electrons. The molecule has 0 aliphatic carbocycles. The molecular formula is C24H24F2N8O. The largest absolute Gasteiger partial charge is 0.324 e. The number of nitrogens with zero attached hydrogens (tertiary/aromatic N) is 7. The van der Waals surface area contributed by atoms with Crippen molar-refractivity contribution in [1.29, 1.82) is 0 Å². The van der Waals surface area contributed by atoms with Crippen LogP contribution in [0.3, 0.4) is 0 Å². The molecule has 35 heavy (non-hydrogen) atoms. The third-order valence-electron chi connectivity index (χ3n) is 6.18. The first-order valence-electron chi connectivity index (χ1n) is 11.5. The van der Waals surface area contributed by atoms with E-state index in [0.29, 0.717) is 17.3 Å². The summed E-state index contributed by atoms with van der Waals surface area (Å²) < 4.78 is 31.6. The summed E-state index contributed by atoms with van der Waals surface area (Å²) in [4.78, 5) is 13.4. The van der Waals surface area contributed by atoms with E-state index in [4.69, 9.17) is 0 Å². The third kappa shape index (κ3) is 4.79. The zero-order valence-corrected chi connectivity index (χ0v) is 19.2. The average molecular weight is 479 g/mol. The molecule has 0 radical (unpaired) electrons. The Kier molecular flexibility index (Phi) is 6.30. The number of hydrogen-bond acceptors (Lipinski definition) is 6. The van der Waals surface area contributed by atoms with Crippen LogP contribution < -0.4 is 5.32 Å². The fourth-order valence-corrected chi connectivity index (χ4v) is 4.34. The van der Waals surface area contributed by atoms with Gasteiger partial charge in [0.05, 0.1) is 5.56 Å². The third-order valence-corrected chi connectivity index (χ3v) is 6.18. The van der Waals surface area contributed by atoms with Gasteiger partial charge in [0.1, 0.15) is 29.3 Å². The van der Waals surface area contributed by atoms with Crippen molar-refractivity contribution in [1.82, 2.24) is 35.0 Å². The molecule has 1 atom stereocenters. The van der Waals surface area contributed by atoms with Crippen LogP contribution in [0.25, 0.3) is 11.4 Å². The zero-order chi connectivity index (χ0) is 24.4. The topological polar surface area (TPSA) is 103 Å². The molecule has 0 bridgehead atoms. The molecule has 1 amide bonds. The first-order valence-corrected chi connectivity index (χ1v) is 11.5. The summed E-state index contributed by atoms with van der Waals surface area (Å²) in [5, 5.41) is 22.9. The SMILES string of the molecule is Cc1nnnn1C(Cc1ccc(F)cc1)C(=O)Nc1ccc(F)c(-c2nnc3n2CCCCC3)c1. The Morgan fingerprint density at radius 2 is 1.89 bits per heavy atom. The van der Waals surface area contributed by atoms with Crippen LogP contribution in [0, 0.1) is 18.6 Å². The second-order valence-electron chi connectivity index (χ2n) is 8.60. The van der Waals surface area contributed by atoms with Gasteiger partial charge < -0.3 is 9.88 Å². The maximum Gasteiger partial charge on any atom is 0.249 e. The lowest BCUT2D eigenvalue weighted by Gasteiger charge is -2.18. The van der Waals surface area contributed by atoms with Crippen molar-refractivity contribution in [3.05, 3.63) is 71.3 Å². The number of aryl methyl sites for hydroxylation is 2. The maximum atomic E-state index is 14.8. The van der Waals surface area contributed by atoms with Gasteiger partial charge in [-0.2, -0.15) is 0 Å². The monoisotopic (exact) mass is 478 g/mol. The van der Waals surface area contributed by atoms with Crippen molar-refractivity contribution < 1.29 is 13.6 Å². The predicted octanol–water partition coefficient (Wildman–Crippen LogP) is 3.67. The number of fused-ring (bicyclic) bond motifs is 1. The van der Waals surface area contributed by atoms with E-state index >= 15 is 0 Å². The Morgan fingerprint density at radius 1 is 1.06 bits per heavy atom. The number of carbonyl (C=O) groups excluding carboxylic acids is 1. The molecule has 0 saturated heterocycles. The highest BCUT2D eigenvalue weighted by atomic mass is 19.1. The Morgan fingerprint density at radius 3 is 2.66 bits per heavy atom. The number of aromatic nitrogens is 7. The van der Waals surface area contributed by atoms with Gasteiger partial charge in [-0.25, -0.2) is 13.5 Å². The Balaban J connectivity index is 1.43. The van der Waals surface area contributed by atoms with E-state index in [-0.39, 0.29) is 23.7 Å². The second-order valence-corrected chi connectivity index (χ2v) is 8.60. The van der Waals surface area contributed by atoms with Crippen molar-refractivity contribution in [3.8, 4) is 11.4 Å². The van der Waals surface area contributed by atoms with Crippen LogP contribution in [0.15, 0.2) is 42.5 Å². The summed E-state index contributed by atoms with van der Waals surface area (Å²) in [5.74, 6) is 0.565. The molecule has 9 nitrogen and oxygen atoms in total. The van der Waals surface area contributed by atoms with Crippen molar-refractivity contribution in [2.75, 3.05) is 5.32 Å². The van der Waals surface area contributed by atoms with Crippen LogP contribution >= 0.6 is 0 Å². The summed E-state index contributed by atoms with van der Waals surface area (Å²) in [6, 6.07) is 9.47. The number of rotatable bonds is 6. The second kappa shape index (κ2) is 9.69. The van der Waals surface area contributed by atoms with Crippen LogP contribution in [0.1, 0.15) is 42.5 Å². The van der Waals surface area contributed by atoms with Gasteiger partial charge in [0.15, 0.2) is 5.82 Å². The number of amides is 1. The molecular weight excluding hydrogens is 454 g/mol. The number of halogens is 2. The Bertz CT molecular complexity index is 1350. The van der Waals surface area contributed by atoms with E-state index in [1.165, 1.54) is 28.9 Å². The molecule has 5 rings (SSSR count). The molecule has 1 aliphatic rings. The summed E-state index contributed by atoms with van der Waals surface area (Å²) in [6.45, 7) is 2.42. The summed E-state index contributed by atoms with van der Waals surface area (Å²) >= 11 is 0. The number of hydrogen-bond donors (Lipinski definition) is 1. The van der Waals surface area contributed by atoms with Gasteiger partial charge in [0.2, 0.25) is 5.91 Å². The van der Waals surface area contributed by atoms with Gasteiger partial charge in [0.25, 0.3) is 0 Å². The van der Waals surface area contributed by atoms with Crippen LogP contribution in [-0.4, -0.2) is 40.9 Å². The van der Waals surface area contributed by atoms with E-state index in [0.717, 1.165) is 43.6 Å². The molecule has 11 heteroatoms. The predicted molar refractivity (Wildman–Crippen MR) is 123 cm³/mol. The molecule has 0 saturated carbocycles. The number of nitrogens with one attached hydrogen (secondary N) is 1. The van der Waals surface area contributed by atoms with E-state index in [2.05, 4.69) is 31.0 Å². The summed E-state index contributed by atoms with van der Waals surface area (Å²) in [7, 11) is 0. The van der Waals surface area contributed by atoms with E-state index in [1.807, 2.05) is 4.57 Å². The van der Waals surface area contributed by atoms with Crippen LogP contribution in [0.4, 0.5) is 14.5 Å². The standard InChI is InChI=1S/C24H24F2N8O/c1-15-28-31-32-34(15)21(13-16-6-8-17(25)9-7-16)24(35)27-18-10-11-20(26)19(14-18)23-30-29-22-5-3-2-4-12-33(22)23/h6-11,14,21H,2-5,12-13H2,1H3,(H,27,35). The minimum absolute atomic E-state index is 0.240. The highest BCUT2D eigenvalue weighted by Crippen LogP contribution is 2.28. The molecule has 1 N–H and O–H groups in total. The van der Waals surface area contributed by atoms with Gasteiger partial charge in [-0.05, 0) is 66.1 Å².